The van der Waals surface area contributed by atoms with Gasteiger partial charge in [-0.15, -0.1) is 0 Å². The lowest BCUT2D eigenvalue weighted by Gasteiger charge is -2.19. The number of anilines is 1. The molecular weight excluding hydrogens is 220 g/mol. The Kier molecular flexibility index (Phi) is 3.03. The molecule has 6 nitrogen and oxygen atoms in total. The van der Waals surface area contributed by atoms with E-state index in [1.165, 1.54) is 17.3 Å². The molecule has 2 heterocycles. The molecule has 6 heteroatoms. The van der Waals surface area contributed by atoms with Crippen LogP contribution in [0.1, 0.15) is 20.3 Å². The Hall–Kier alpha value is -1.98. The minimum atomic E-state index is -0.526. The number of aromatic nitrogens is 2. The van der Waals surface area contributed by atoms with E-state index in [1.807, 2.05) is 13.8 Å². The summed E-state index contributed by atoms with van der Waals surface area (Å²) < 4.78 is 0. The molecule has 0 bridgehead atoms. The van der Waals surface area contributed by atoms with E-state index in [9.17, 15) is 9.59 Å². The minimum Gasteiger partial charge on any atom is -0.357 e. The molecule has 0 saturated carbocycles. The van der Waals surface area contributed by atoms with Crippen molar-refractivity contribution < 1.29 is 9.59 Å². The molecule has 2 amide bonds. The Morgan fingerprint density at radius 3 is 2.71 bits per heavy atom. The zero-order chi connectivity index (χ0) is 12.4. The van der Waals surface area contributed by atoms with Gasteiger partial charge < -0.3 is 5.32 Å². The number of amides is 2. The van der Waals surface area contributed by atoms with E-state index in [0.717, 1.165) is 0 Å². The van der Waals surface area contributed by atoms with Gasteiger partial charge in [0, 0.05) is 18.4 Å². The minimum absolute atomic E-state index is 0.108. The fraction of sp³-hybridized carbons (Fsp3) is 0.455. The van der Waals surface area contributed by atoms with Gasteiger partial charge in [-0.2, -0.15) is 0 Å². The lowest BCUT2D eigenvalue weighted by Crippen LogP contribution is -2.39. The first-order valence-corrected chi connectivity index (χ1v) is 5.48. The first-order chi connectivity index (χ1) is 8.09. The number of likely N-dealkylation sites (tertiary alicyclic amines) is 1. The fourth-order valence-corrected chi connectivity index (χ4v) is 1.86. The maximum atomic E-state index is 12.0. The highest BCUT2D eigenvalue weighted by Gasteiger charge is 2.39. The first kappa shape index (κ1) is 11.5. The van der Waals surface area contributed by atoms with Crippen molar-refractivity contribution in [3.63, 3.8) is 0 Å². The van der Waals surface area contributed by atoms with Crippen LogP contribution in [-0.4, -0.2) is 38.8 Å². The number of carbonyl (C=O) groups is 2. The maximum absolute atomic E-state index is 12.0. The SMILES string of the molecule is CC(C)N1C(=O)CC(Nc2cnccn2)C1=O. The van der Waals surface area contributed by atoms with Crippen molar-refractivity contribution in [3.05, 3.63) is 18.6 Å². The van der Waals surface area contributed by atoms with Crippen LogP contribution in [0.15, 0.2) is 18.6 Å². The van der Waals surface area contributed by atoms with Crippen molar-refractivity contribution in [2.24, 2.45) is 0 Å². The average Bonchev–Trinajstić information content (AvgIpc) is 2.55. The molecule has 1 aliphatic heterocycles. The molecule has 0 aromatic carbocycles. The summed E-state index contributed by atoms with van der Waals surface area (Å²) in [5, 5.41) is 2.92. The van der Waals surface area contributed by atoms with E-state index in [-0.39, 0.29) is 24.3 Å². The zero-order valence-electron chi connectivity index (χ0n) is 9.75. The van der Waals surface area contributed by atoms with Gasteiger partial charge in [-0.05, 0) is 13.8 Å². The second kappa shape index (κ2) is 4.48. The topological polar surface area (TPSA) is 75.2 Å². The quantitative estimate of drug-likeness (QED) is 0.767. The molecule has 1 saturated heterocycles. The van der Waals surface area contributed by atoms with Gasteiger partial charge >= 0.3 is 0 Å². The second-order valence-corrected chi connectivity index (χ2v) is 4.19. The molecule has 2 rings (SSSR count). The highest BCUT2D eigenvalue weighted by atomic mass is 16.2. The van der Waals surface area contributed by atoms with Crippen LogP contribution in [0.5, 0.6) is 0 Å². The molecule has 1 aromatic rings. The molecule has 1 atom stereocenters. The van der Waals surface area contributed by atoms with Gasteiger partial charge in [0.2, 0.25) is 5.91 Å². The molecule has 0 spiro atoms. The normalized spacial score (nSPS) is 20.2. The maximum Gasteiger partial charge on any atom is 0.252 e. The molecule has 90 valence electrons. The predicted molar refractivity (Wildman–Crippen MR) is 61.0 cm³/mol. The van der Waals surface area contributed by atoms with Crippen LogP contribution in [-0.2, 0) is 9.59 Å². The van der Waals surface area contributed by atoms with Crippen LogP contribution in [0.4, 0.5) is 5.82 Å². The number of carbonyl (C=O) groups excluding carboxylic acids is 2. The molecule has 1 fully saturated rings. The Labute approximate surface area is 99.1 Å². The van der Waals surface area contributed by atoms with Crippen LogP contribution in [0.2, 0.25) is 0 Å². The number of nitrogens with zero attached hydrogens (tertiary/aromatic N) is 3. The third-order valence-electron chi connectivity index (χ3n) is 2.58. The number of imide groups is 1. The summed E-state index contributed by atoms with van der Waals surface area (Å²) in [4.78, 5) is 32.8. The van der Waals surface area contributed by atoms with E-state index in [0.29, 0.717) is 5.82 Å². The smallest absolute Gasteiger partial charge is 0.252 e. The van der Waals surface area contributed by atoms with Gasteiger partial charge in [-0.3, -0.25) is 19.5 Å². The molecule has 1 N–H and O–H groups in total. The summed E-state index contributed by atoms with van der Waals surface area (Å²) in [6.45, 7) is 3.64. The molecule has 0 radical (unpaired) electrons. The third-order valence-corrected chi connectivity index (χ3v) is 2.58. The summed E-state index contributed by atoms with van der Waals surface area (Å²) in [5.74, 6) is 0.159. The highest BCUT2D eigenvalue weighted by molar-refractivity contribution is 6.07. The molecule has 0 aliphatic carbocycles. The van der Waals surface area contributed by atoms with Crippen molar-refractivity contribution in [3.8, 4) is 0 Å². The summed E-state index contributed by atoms with van der Waals surface area (Å²) >= 11 is 0. The van der Waals surface area contributed by atoms with Crippen molar-refractivity contribution in [1.82, 2.24) is 14.9 Å². The Morgan fingerprint density at radius 2 is 2.18 bits per heavy atom. The lowest BCUT2D eigenvalue weighted by atomic mass is 10.2. The van der Waals surface area contributed by atoms with Gasteiger partial charge in [0.15, 0.2) is 0 Å². The summed E-state index contributed by atoms with van der Waals surface area (Å²) in [6, 6.07) is -0.634. The predicted octanol–water partition coefficient (Wildman–Crippen LogP) is 0.424. The molecule has 1 unspecified atom stereocenters. The summed E-state index contributed by atoms with van der Waals surface area (Å²) in [5.41, 5.74) is 0. The Bertz CT molecular complexity index is 432. The number of nitrogens with one attached hydrogen (secondary N) is 1. The monoisotopic (exact) mass is 234 g/mol. The zero-order valence-corrected chi connectivity index (χ0v) is 9.75. The third kappa shape index (κ3) is 2.25. The lowest BCUT2D eigenvalue weighted by molar-refractivity contribution is -0.140. The highest BCUT2D eigenvalue weighted by Crippen LogP contribution is 2.18. The van der Waals surface area contributed by atoms with Crippen LogP contribution in [0.25, 0.3) is 0 Å². The number of hydrogen-bond acceptors (Lipinski definition) is 5. The number of hydrogen-bond donors (Lipinski definition) is 1. The van der Waals surface area contributed by atoms with E-state index < -0.39 is 6.04 Å². The summed E-state index contributed by atoms with van der Waals surface area (Å²) in [7, 11) is 0. The Balaban J connectivity index is 2.10. The fourth-order valence-electron chi connectivity index (χ4n) is 1.86. The average molecular weight is 234 g/mol. The molecular formula is C11H14N4O2. The van der Waals surface area contributed by atoms with E-state index >= 15 is 0 Å². The van der Waals surface area contributed by atoms with Crippen molar-refractivity contribution >= 4 is 17.6 Å². The molecule has 1 aliphatic rings. The molecule has 17 heavy (non-hydrogen) atoms. The van der Waals surface area contributed by atoms with Crippen LogP contribution < -0.4 is 5.32 Å². The standard InChI is InChI=1S/C11H14N4O2/c1-7(2)15-10(16)5-8(11(15)17)14-9-6-12-3-4-13-9/h3-4,6-8H,5H2,1-2H3,(H,13,14). The van der Waals surface area contributed by atoms with Gasteiger partial charge in [-0.1, -0.05) is 0 Å². The van der Waals surface area contributed by atoms with Crippen molar-refractivity contribution in [2.45, 2.75) is 32.4 Å². The second-order valence-electron chi connectivity index (χ2n) is 4.19. The first-order valence-electron chi connectivity index (χ1n) is 5.48. The van der Waals surface area contributed by atoms with Crippen LogP contribution >= 0.6 is 0 Å². The van der Waals surface area contributed by atoms with Crippen molar-refractivity contribution in [2.75, 3.05) is 5.32 Å². The van der Waals surface area contributed by atoms with Gasteiger partial charge in [0.1, 0.15) is 11.9 Å². The van der Waals surface area contributed by atoms with E-state index in [2.05, 4.69) is 15.3 Å². The van der Waals surface area contributed by atoms with Crippen LogP contribution in [0, 0.1) is 0 Å². The van der Waals surface area contributed by atoms with Gasteiger partial charge in [0.25, 0.3) is 5.91 Å². The Morgan fingerprint density at radius 1 is 1.41 bits per heavy atom. The summed E-state index contributed by atoms with van der Waals surface area (Å²) in [6.07, 6.45) is 4.78. The van der Waals surface area contributed by atoms with Gasteiger partial charge in [-0.25, -0.2) is 4.98 Å². The van der Waals surface area contributed by atoms with E-state index in [4.69, 9.17) is 0 Å². The van der Waals surface area contributed by atoms with Crippen LogP contribution in [0.3, 0.4) is 0 Å². The van der Waals surface area contributed by atoms with Crippen molar-refractivity contribution in [1.29, 1.82) is 0 Å². The molecule has 1 aromatic heterocycles. The van der Waals surface area contributed by atoms with Gasteiger partial charge in [0.05, 0.1) is 12.6 Å². The van der Waals surface area contributed by atoms with E-state index in [1.54, 1.807) is 6.20 Å². The number of rotatable bonds is 3. The largest absolute Gasteiger partial charge is 0.357 e.